The first-order chi connectivity index (χ1) is 13.6. The van der Waals surface area contributed by atoms with E-state index >= 15 is 0 Å². The van der Waals surface area contributed by atoms with Gasteiger partial charge in [-0.2, -0.15) is 0 Å². The predicted molar refractivity (Wildman–Crippen MR) is 115 cm³/mol. The molecule has 1 N–H and O–H groups in total. The Kier molecular flexibility index (Phi) is 7.63. The molecule has 28 heavy (non-hydrogen) atoms. The average Bonchev–Trinajstić information content (AvgIpc) is 2.74. The normalized spacial score (nSPS) is 16.6. The highest BCUT2D eigenvalue weighted by molar-refractivity contribution is 5.78. The summed E-state index contributed by atoms with van der Waals surface area (Å²) in [6, 6.07) is 19.2. The van der Waals surface area contributed by atoms with Gasteiger partial charge in [0.25, 0.3) is 0 Å². The van der Waals surface area contributed by atoms with Crippen molar-refractivity contribution in [1.82, 2.24) is 15.1 Å². The fraction of sp³-hybridized carbons (Fsp3) is 0.458. The van der Waals surface area contributed by atoms with E-state index in [0.717, 1.165) is 51.1 Å². The van der Waals surface area contributed by atoms with Crippen molar-refractivity contribution in [3.63, 3.8) is 0 Å². The molecule has 1 aliphatic rings. The molecule has 0 saturated carbocycles. The van der Waals surface area contributed by atoms with Crippen LogP contribution in [0.3, 0.4) is 0 Å². The second kappa shape index (κ2) is 10.4. The molecule has 1 unspecified atom stereocenters. The minimum Gasteiger partial charge on any atom is -0.348 e. The maximum absolute atomic E-state index is 12.4. The lowest BCUT2D eigenvalue weighted by Gasteiger charge is -2.34. The maximum Gasteiger partial charge on any atom is 0.234 e. The van der Waals surface area contributed by atoms with Crippen molar-refractivity contribution >= 4 is 5.91 Å². The van der Waals surface area contributed by atoms with Crippen LogP contribution in [0.5, 0.6) is 0 Å². The van der Waals surface area contributed by atoms with Crippen molar-refractivity contribution in [3.05, 3.63) is 71.3 Å². The second-order valence-corrected chi connectivity index (χ2v) is 7.74. The van der Waals surface area contributed by atoms with Crippen molar-refractivity contribution in [3.8, 4) is 0 Å². The van der Waals surface area contributed by atoms with Crippen molar-refractivity contribution in [1.29, 1.82) is 0 Å². The smallest absolute Gasteiger partial charge is 0.234 e. The molecule has 1 amide bonds. The van der Waals surface area contributed by atoms with Crippen LogP contribution in [0.25, 0.3) is 0 Å². The molecule has 0 radical (unpaired) electrons. The van der Waals surface area contributed by atoms with Gasteiger partial charge in [-0.3, -0.25) is 9.69 Å². The maximum atomic E-state index is 12.4. The highest BCUT2D eigenvalue weighted by atomic mass is 16.2. The highest BCUT2D eigenvalue weighted by Gasteiger charge is 2.19. The zero-order valence-corrected chi connectivity index (χ0v) is 17.2. The molecule has 1 fully saturated rings. The first-order valence-electron chi connectivity index (χ1n) is 10.5. The van der Waals surface area contributed by atoms with Gasteiger partial charge in [0.05, 0.1) is 12.6 Å². The number of carbonyl (C=O) groups excluding carboxylic acids is 1. The van der Waals surface area contributed by atoms with Crippen LogP contribution in [0.1, 0.15) is 36.6 Å². The zero-order chi connectivity index (χ0) is 19.8. The van der Waals surface area contributed by atoms with Gasteiger partial charge in [-0.05, 0) is 36.5 Å². The largest absolute Gasteiger partial charge is 0.348 e. The summed E-state index contributed by atoms with van der Waals surface area (Å²) in [4.78, 5) is 17.2. The fourth-order valence-electron chi connectivity index (χ4n) is 3.72. The van der Waals surface area contributed by atoms with E-state index in [1.807, 2.05) is 0 Å². The van der Waals surface area contributed by atoms with Crippen molar-refractivity contribution in [2.24, 2.45) is 0 Å². The molecule has 1 atom stereocenters. The van der Waals surface area contributed by atoms with Gasteiger partial charge in [-0.25, -0.2) is 0 Å². The first kappa shape index (κ1) is 20.6. The SMILES string of the molecule is CCc1ccc(C(C)NC(=O)CN2CCN(CCc3ccccc3)CC2)cc1. The molecule has 4 heteroatoms. The summed E-state index contributed by atoms with van der Waals surface area (Å²) in [5.41, 5.74) is 3.88. The molecule has 0 aliphatic carbocycles. The highest BCUT2D eigenvalue weighted by Crippen LogP contribution is 2.14. The average molecular weight is 380 g/mol. The van der Waals surface area contributed by atoms with Crippen LogP contribution in [-0.2, 0) is 17.6 Å². The lowest BCUT2D eigenvalue weighted by Crippen LogP contribution is -2.50. The van der Waals surface area contributed by atoms with Gasteiger partial charge < -0.3 is 10.2 Å². The van der Waals surface area contributed by atoms with Gasteiger partial charge in [-0.15, -0.1) is 0 Å². The molecule has 3 rings (SSSR count). The second-order valence-electron chi connectivity index (χ2n) is 7.74. The minimum absolute atomic E-state index is 0.0468. The van der Waals surface area contributed by atoms with Crippen LogP contribution in [0, 0.1) is 0 Å². The van der Waals surface area contributed by atoms with Crippen LogP contribution in [0.4, 0.5) is 0 Å². The van der Waals surface area contributed by atoms with Crippen LogP contribution in [0.15, 0.2) is 54.6 Å². The van der Waals surface area contributed by atoms with Crippen LogP contribution >= 0.6 is 0 Å². The van der Waals surface area contributed by atoms with E-state index in [0.29, 0.717) is 6.54 Å². The number of carbonyl (C=O) groups is 1. The summed E-state index contributed by atoms with van der Waals surface area (Å²) in [6.45, 7) is 9.78. The van der Waals surface area contributed by atoms with Crippen LogP contribution in [0.2, 0.25) is 0 Å². The third kappa shape index (κ3) is 6.18. The van der Waals surface area contributed by atoms with E-state index in [4.69, 9.17) is 0 Å². The van der Waals surface area contributed by atoms with Crippen LogP contribution in [-0.4, -0.2) is 55.0 Å². The Morgan fingerprint density at radius 2 is 1.57 bits per heavy atom. The van der Waals surface area contributed by atoms with Crippen molar-refractivity contribution < 1.29 is 4.79 Å². The molecule has 150 valence electrons. The van der Waals surface area contributed by atoms with E-state index in [1.165, 1.54) is 11.1 Å². The molecule has 0 bridgehead atoms. The molecule has 0 aromatic heterocycles. The number of nitrogens with zero attached hydrogens (tertiary/aromatic N) is 2. The number of hydrogen-bond donors (Lipinski definition) is 1. The quantitative estimate of drug-likeness (QED) is 0.765. The molecule has 2 aromatic carbocycles. The Morgan fingerprint density at radius 1 is 0.929 bits per heavy atom. The van der Waals surface area contributed by atoms with E-state index in [9.17, 15) is 4.79 Å². The van der Waals surface area contributed by atoms with Gasteiger partial charge >= 0.3 is 0 Å². The molecular formula is C24H33N3O. The predicted octanol–water partition coefficient (Wildman–Crippen LogP) is 3.29. The third-order valence-corrected chi connectivity index (χ3v) is 5.66. The van der Waals surface area contributed by atoms with Crippen molar-refractivity contribution in [2.45, 2.75) is 32.7 Å². The van der Waals surface area contributed by atoms with E-state index in [1.54, 1.807) is 0 Å². The summed E-state index contributed by atoms with van der Waals surface area (Å²) in [7, 11) is 0. The Balaban J connectivity index is 1.37. The minimum atomic E-state index is 0.0468. The lowest BCUT2D eigenvalue weighted by molar-refractivity contribution is -0.123. The topological polar surface area (TPSA) is 35.6 Å². The molecule has 1 heterocycles. The zero-order valence-electron chi connectivity index (χ0n) is 17.2. The number of hydrogen-bond acceptors (Lipinski definition) is 3. The Morgan fingerprint density at radius 3 is 2.21 bits per heavy atom. The van der Waals surface area contributed by atoms with Gasteiger partial charge in [-0.1, -0.05) is 61.5 Å². The number of rotatable bonds is 8. The van der Waals surface area contributed by atoms with Gasteiger partial charge in [0.2, 0.25) is 5.91 Å². The molecule has 4 nitrogen and oxygen atoms in total. The lowest BCUT2D eigenvalue weighted by atomic mass is 10.0. The van der Waals surface area contributed by atoms with Crippen LogP contribution < -0.4 is 5.32 Å². The summed E-state index contributed by atoms with van der Waals surface area (Å²) < 4.78 is 0. The first-order valence-corrected chi connectivity index (χ1v) is 10.5. The fourth-order valence-corrected chi connectivity index (χ4v) is 3.72. The number of nitrogens with one attached hydrogen (secondary N) is 1. The number of amides is 1. The van der Waals surface area contributed by atoms with Crippen molar-refractivity contribution in [2.75, 3.05) is 39.3 Å². The van der Waals surface area contributed by atoms with Gasteiger partial charge in [0, 0.05) is 32.7 Å². The molecule has 1 aliphatic heterocycles. The summed E-state index contributed by atoms with van der Waals surface area (Å²) in [6.07, 6.45) is 2.13. The van der Waals surface area contributed by atoms with Gasteiger partial charge in [0.1, 0.15) is 0 Å². The molecule has 0 spiro atoms. The molecule has 1 saturated heterocycles. The van der Waals surface area contributed by atoms with E-state index in [-0.39, 0.29) is 11.9 Å². The Hall–Kier alpha value is -2.17. The summed E-state index contributed by atoms with van der Waals surface area (Å²) >= 11 is 0. The number of benzene rings is 2. The summed E-state index contributed by atoms with van der Waals surface area (Å²) in [5, 5.41) is 3.14. The molecular weight excluding hydrogens is 346 g/mol. The van der Waals surface area contributed by atoms with Gasteiger partial charge in [0.15, 0.2) is 0 Å². The Labute approximate surface area is 169 Å². The molecule has 2 aromatic rings. The van der Waals surface area contributed by atoms with E-state index in [2.05, 4.69) is 83.6 Å². The third-order valence-electron chi connectivity index (χ3n) is 5.66. The number of piperazine rings is 1. The summed E-state index contributed by atoms with van der Waals surface area (Å²) in [5.74, 6) is 0.116. The van der Waals surface area contributed by atoms with E-state index < -0.39 is 0 Å². The Bertz CT molecular complexity index is 721. The standard InChI is InChI=1S/C24H33N3O/c1-3-21-9-11-23(12-10-21)20(2)25-24(28)19-27-17-15-26(16-18-27)14-13-22-7-5-4-6-8-22/h4-12,20H,3,13-19H2,1-2H3,(H,25,28). The number of aryl methyl sites for hydroxylation is 1. The monoisotopic (exact) mass is 379 g/mol.